The van der Waals surface area contributed by atoms with Gasteiger partial charge in [-0.3, -0.25) is 4.79 Å². The van der Waals surface area contributed by atoms with Crippen LogP contribution in [0.3, 0.4) is 0 Å². The molecule has 0 spiro atoms. The van der Waals surface area contributed by atoms with Gasteiger partial charge in [0.15, 0.2) is 6.79 Å². The number of nitrogens with one attached hydrogen (secondary N) is 1. The fourth-order valence-corrected chi connectivity index (χ4v) is 2.78. The molecule has 0 saturated carbocycles. The van der Waals surface area contributed by atoms with E-state index in [1.165, 1.54) is 6.08 Å². The molecule has 32 heavy (non-hydrogen) atoms. The summed E-state index contributed by atoms with van der Waals surface area (Å²) in [6.45, 7) is 0.510. The predicted octanol–water partition coefficient (Wildman–Crippen LogP) is 4.10. The summed E-state index contributed by atoms with van der Waals surface area (Å²) < 4.78 is 16.1. The number of methoxy groups -OCH3 is 1. The SMILES string of the molecule is COCOc1cccc(COc2ccc(C=C(NC(=O)c3ccccc3)C(=O)O)cc2)c1. The highest BCUT2D eigenvalue weighted by atomic mass is 16.7. The summed E-state index contributed by atoms with van der Waals surface area (Å²) in [6.07, 6.45) is 1.39. The van der Waals surface area contributed by atoms with Crippen molar-refractivity contribution in [2.24, 2.45) is 0 Å². The van der Waals surface area contributed by atoms with Crippen LogP contribution in [0, 0.1) is 0 Å². The molecule has 0 heterocycles. The number of rotatable bonds is 10. The van der Waals surface area contributed by atoms with Crippen LogP contribution in [0.1, 0.15) is 21.5 Å². The standard InChI is InChI=1S/C25H23NO6/c1-30-17-32-22-9-5-6-19(14-22)16-31-21-12-10-18(11-13-21)15-23(25(28)29)26-24(27)20-7-3-2-4-8-20/h2-15H,16-17H2,1H3,(H,26,27)(H,28,29). The van der Waals surface area contributed by atoms with Crippen LogP contribution < -0.4 is 14.8 Å². The molecule has 3 aromatic rings. The number of carboxylic acid groups (broad SMARTS) is 1. The smallest absolute Gasteiger partial charge is 0.352 e. The third-order valence-electron chi connectivity index (χ3n) is 4.35. The summed E-state index contributed by atoms with van der Waals surface area (Å²) in [4.78, 5) is 23.8. The number of carboxylic acids is 1. The second-order valence-electron chi connectivity index (χ2n) is 6.74. The Morgan fingerprint density at radius 2 is 1.66 bits per heavy atom. The average Bonchev–Trinajstić information content (AvgIpc) is 2.82. The Labute approximate surface area is 185 Å². The van der Waals surface area contributed by atoms with Crippen LogP contribution >= 0.6 is 0 Å². The maximum absolute atomic E-state index is 12.3. The number of benzene rings is 3. The predicted molar refractivity (Wildman–Crippen MR) is 119 cm³/mol. The summed E-state index contributed by atoms with van der Waals surface area (Å²) >= 11 is 0. The van der Waals surface area contributed by atoms with Gasteiger partial charge in [-0.1, -0.05) is 42.5 Å². The van der Waals surface area contributed by atoms with Crippen molar-refractivity contribution in [1.29, 1.82) is 0 Å². The van der Waals surface area contributed by atoms with Gasteiger partial charge in [-0.05, 0) is 53.6 Å². The van der Waals surface area contributed by atoms with Crippen molar-refractivity contribution in [2.75, 3.05) is 13.9 Å². The second kappa shape index (κ2) is 11.3. The molecule has 0 fully saturated rings. The van der Waals surface area contributed by atoms with Gasteiger partial charge >= 0.3 is 5.97 Å². The minimum atomic E-state index is -1.23. The third-order valence-corrected chi connectivity index (χ3v) is 4.35. The first-order valence-corrected chi connectivity index (χ1v) is 9.80. The Hall–Kier alpha value is -4.10. The van der Waals surface area contributed by atoms with E-state index in [2.05, 4.69) is 5.32 Å². The maximum atomic E-state index is 12.3. The Bertz CT molecular complexity index is 1080. The van der Waals surface area contributed by atoms with E-state index in [0.717, 1.165) is 5.56 Å². The van der Waals surface area contributed by atoms with Crippen molar-refractivity contribution in [2.45, 2.75) is 6.61 Å². The lowest BCUT2D eigenvalue weighted by atomic mass is 10.1. The van der Waals surface area contributed by atoms with E-state index in [1.807, 2.05) is 24.3 Å². The normalized spacial score (nSPS) is 11.0. The summed E-state index contributed by atoms with van der Waals surface area (Å²) in [5.74, 6) is -0.413. The van der Waals surface area contributed by atoms with Crippen molar-refractivity contribution in [3.8, 4) is 11.5 Å². The number of ether oxygens (including phenoxy) is 3. The second-order valence-corrected chi connectivity index (χ2v) is 6.74. The molecule has 3 rings (SSSR count). The Balaban J connectivity index is 1.63. The topological polar surface area (TPSA) is 94.1 Å². The van der Waals surface area contributed by atoms with E-state index in [1.54, 1.807) is 61.7 Å². The molecular formula is C25H23NO6. The molecular weight excluding hydrogens is 410 g/mol. The monoisotopic (exact) mass is 433 g/mol. The lowest BCUT2D eigenvalue weighted by Gasteiger charge is -2.09. The fraction of sp³-hybridized carbons (Fsp3) is 0.120. The third kappa shape index (κ3) is 6.72. The summed E-state index contributed by atoms with van der Waals surface area (Å²) in [5.41, 5.74) is 1.69. The zero-order chi connectivity index (χ0) is 22.8. The van der Waals surface area contributed by atoms with E-state index in [4.69, 9.17) is 14.2 Å². The van der Waals surface area contributed by atoms with Crippen LogP contribution in [-0.4, -0.2) is 30.9 Å². The molecule has 0 saturated heterocycles. The number of hydrogen-bond acceptors (Lipinski definition) is 5. The van der Waals surface area contributed by atoms with E-state index in [0.29, 0.717) is 29.2 Å². The van der Waals surface area contributed by atoms with Crippen LogP contribution in [-0.2, 0) is 16.1 Å². The van der Waals surface area contributed by atoms with Gasteiger partial charge in [0.1, 0.15) is 23.8 Å². The molecule has 0 aromatic heterocycles. The lowest BCUT2D eigenvalue weighted by molar-refractivity contribution is -0.132. The lowest BCUT2D eigenvalue weighted by Crippen LogP contribution is -2.27. The van der Waals surface area contributed by atoms with Gasteiger partial charge in [-0.2, -0.15) is 0 Å². The molecule has 0 aliphatic heterocycles. The van der Waals surface area contributed by atoms with Crippen molar-refractivity contribution in [3.05, 3.63) is 101 Å². The molecule has 7 heteroatoms. The summed E-state index contributed by atoms with van der Waals surface area (Å²) in [5, 5.41) is 11.9. The van der Waals surface area contributed by atoms with Crippen LogP contribution in [0.25, 0.3) is 6.08 Å². The highest BCUT2D eigenvalue weighted by Crippen LogP contribution is 2.18. The Morgan fingerprint density at radius 1 is 0.906 bits per heavy atom. The van der Waals surface area contributed by atoms with Crippen molar-refractivity contribution >= 4 is 18.0 Å². The van der Waals surface area contributed by atoms with Crippen LogP contribution in [0.15, 0.2) is 84.6 Å². The Morgan fingerprint density at radius 3 is 2.34 bits per heavy atom. The fourth-order valence-electron chi connectivity index (χ4n) is 2.78. The number of aliphatic carboxylic acids is 1. The number of hydrogen-bond donors (Lipinski definition) is 2. The van der Waals surface area contributed by atoms with Gasteiger partial charge in [0, 0.05) is 12.7 Å². The maximum Gasteiger partial charge on any atom is 0.352 e. The van der Waals surface area contributed by atoms with Gasteiger partial charge in [-0.15, -0.1) is 0 Å². The van der Waals surface area contributed by atoms with E-state index >= 15 is 0 Å². The number of carbonyl (C=O) groups is 2. The molecule has 0 radical (unpaired) electrons. The average molecular weight is 433 g/mol. The first kappa shape index (κ1) is 22.6. The first-order valence-electron chi connectivity index (χ1n) is 9.80. The van der Waals surface area contributed by atoms with Gasteiger partial charge in [-0.25, -0.2) is 4.79 Å². The van der Waals surface area contributed by atoms with Gasteiger partial charge in [0.2, 0.25) is 0 Å². The molecule has 0 aliphatic carbocycles. The van der Waals surface area contributed by atoms with Gasteiger partial charge in [0.25, 0.3) is 5.91 Å². The molecule has 7 nitrogen and oxygen atoms in total. The van der Waals surface area contributed by atoms with Crippen LogP contribution in [0.2, 0.25) is 0 Å². The zero-order valence-corrected chi connectivity index (χ0v) is 17.5. The van der Waals surface area contributed by atoms with Crippen molar-refractivity contribution in [3.63, 3.8) is 0 Å². The van der Waals surface area contributed by atoms with Crippen molar-refractivity contribution < 1.29 is 28.9 Å². The van der Waals surface area contributed by atoms with Gasteiger partial charge < -0.3 is 24.6 Å². The van der Waals surface area contributed by atoms with Crippen LogP contribution in [0.4, 0.5) is 0 Å². The zero-order valence-electron chi connectivity index (χ0n) is 17.5. The first-order chi connectivity index (χ1) is 15.5. The highest BCUT2D eigenvalue weighted by Gasteiger charge is 2.13. The molecule has 2 N–H and O–H groups in total. The Kier molecular flexibility index (Phi) is 8.00. The minimum Gasteiger partial charge on any atom is -0.489 e. The molecule has 1 amide bonds. The molecule has 0 unspecified atom stereocenters. The molecule has 0 bridgehead atoms. The molecule has 164 valence electrons. The van der Waals surface area contributed by atoms with Crippen molar-refractivity contribution in [1.82, 2.24) is 5.32 Å². The minimum absolute atomic E-state index is 0.170. The van der Waals surface area contributed by atoms with E-state index < -0.39 is 11.9 Å². The van der Waals surface area contributed by atoms with E-state index in [9.17, 15) is 14.7 Å². The molecule has 3 aromatic carbocycles. The van der Waals surface area contributed by atoms with Gasteiger partial charge in [0.05, 0.1) is 0 Å². The molecule has 0 aliphatic rings. The van der Waals surface area contributed by atoms with Crippen LogP contribution in [0.5, 0.6) is 11.5 Å². The summed E-state index contributed by atoms with van der Waals surface area (Å²) in [7, 11) is 1.56. The molecule has 0 atom stereocenters. The number of carbonyl (C=O) groups excluding carboxylic acids is 1. The summed E-state index contributed by atoms with van der Waals surface area (Å²) in [6, 6.07) is 22.8. The quantitative estimate of drug-likeness (QED) is 0.369. The highest BCUT2D eigenvalue weighted by molar-refractivity contribution is 6.02. The number of amides is 1. The largest absolute Gasteiger partial charge is 0.489 e. The van der Waals surface area contributed by atoms with E-state index in [-0.39, 0.29) is 12.5 Å².